The number of hydrogen-bond donors (Lipinski definition) is 0. The van der Waals surface area contributed by atoms with Gasteiger partial charge < -0.3 is 9.64 Å². The molecule has 0 aromatic heterocycles. The quantitative estimate of drug-likeness (QED) is 0.838. The van der Waals surface area contributed by atoms with Gasteiger partial charge in [-0.05, 0) is 61.1 Å². The average Bonchev–Trinajstić information content (AvgIpc) is 2.55. The van der Waals surface area contributed by atoms with Crippen molar-refractivity contribution < 1.29 is 9.13 Å². The van der Waals surface area contributed by atoms with Crippen molar-refractivity contribution in [3.8, 4) is 5.75 Å². The highest BCUT2D eigenvalue weighted by molar-refractivity contribution is 5.56. The first kappa shape index (κ1) is 14.9. The first-order valence-electron chi connectivity index (χ1n) is 7.81. The molecular weight excluding hydrogens is 277 g/mol. The van der Waals surface area contributed by atoms with E-state index in [4.69, 9.17) is 4.74 Å². The Bertz CT molecular complexity index is 656. The number of halogens is 1. The Labute approximate surface area is 131 Å². The highest BCUT2D eigenvalue weighted by Gasteiger charge is 2.23. The number of fused-ring (bicyclic) bond motifs is 1. The topological polar surface area (TPSA) is 12.5 Å². The van der Waals surface area contributed by atoms with Crippen molar-refractivity contribution in [2.45, 2.75) is 31.7 Å². The van der Waals surface area contributed by atoms with Crippen molar-refractivity contribution in [1.29, 1.82) is 0 Å². The van der Waals surface area contributed by atoms with Crippen LogP contribution in [0, 0.1) is 5.82 Å². The fraction of sp³-hybridized carbons (Fsp3) is 0.368. The number of methoxy groups -OCH3 is 1. The third kappa shape index (κ3) is 3.08. The Morgan fingerprint density at radius 3 is 2.91 bits per heavy atom. The maximum atomic E-state index is 13.5. The minimum atomic E-state index is -0.154. The van der Waals surface area contributed by atoms with Gasteiger partial charge in [-0.15, -0.1) is 0 Å². The zero-order chi connectivity index (χ0) is 15.5. The molecule has 0 saturated carbocycles. The number of benzene rings is 2. The van der Waals surface area contributed by atoms with Crippen molar-refractivity contribution in [3.05, 3.63) is 59.4 Å². The largest absolute Gasteiger partial charge is 0.497 e. The molecule has 1 atom stereocenters. The second-order valence-corrected chi connectivity index (χ2v) is 5.97. The standard InChI is InChI=1S/C19H22FNO/c1-21-17(10-6-14-4-3-5-18(12-14)22-2)11-8-15-7-9-16(20)13-19(15)21/h3-5,7,9,12-13,17H,6,8,10-11H2,1-2H3. The Morgan fingerprint density at radius 1 is 1.23 bits per heavy atom. The lowest BCUT2D eigenvalue weighted by atomic mass is 9.92. The van der Waals surface area contributed by atoms with Crippen LogP contribution in [0.1, 0.15) is 24.0 Å². The summed E-state index contributed by atoms with van der Waals surface area (Å²) in [5, 5.41) is 0. The normalized spacial score (nSPS) is 17.2. The molecule has 0 fully saturated rings. The molecule has 3 heteroatoms. The van der Waals surface area contributed by atoms with Crippen LogP contribution in [-0.2, 0) is 12.8 Å². The molecule has 1 aliphatic rings. The Balaban J connectivity index is 1.69. The van der Waals surface area contributed by atoms with Gasteiger partial charge in [-0.3, -0.25) is 0 Å². The number of rotatable bonds is 4. The molecule has 0 aliphatic carbocycles. The predicted molar refractivity (Wildman–Crippen MR) is 88.2 cm³/mol. The van der Waals surface area contributed by atoms with Crippen LogP contribution in [0.5, 0.6) is 5.75 Å². The van der Waals surface area contributed by atoms with Crippen LogP contribution in [0.4, 0.5) is 10.1 Å². The minimum absolute atomic E-state index is 0.154. The van der Waals surface area contributed by atoms with Crippen LogP contribution in [0.15, 0.2) is 42.5 Å². The van der Waals surface area contributed by atoms with E-state index in [1.54, 1.807) is 19.2 Å². The van der Waals surface area contributed by atoms with Gasteiger partial charge >= 0.3 is 0 Å². The number of nitrogens with zero attached hydrogens (tertiary/aromatic N) is 1. The lowest BCUT2D eigenvalue weighted by Crippen LogP contribution is -2.36. The molecule has 0 N–H and O–H groups in total. The first-order valence-corrected chi connectivity index (χ1v) is 7.81. The molecule has 116 valence electrons. The summed E-state index contributed by atoms with van der Waals surface area (Å²) in [5.74, 6) is 0.751. The monoisotopic (exact) mass is 299 g/mol. The van der Waals surface area contributed by atoms with E-state index in [9.17, 15) is 4.39 Å². The van der Waals surface area contributed by atoms with E-state index in [2.05, 4.69) is 24.1 Å². The van der Waals surface area contributed by atoms with Gasteiger partial charge in [-0.1, -0.05) is 18.2 Å². The molecule has 0 spiro atoms. The van der Waals surface area contributed by atoms with E-state index in [1.807, 2.05) is 18.2 Å². The Morgan fingerprint density at radius 2 is 2.09 bits per heavy atom. The number of hydrogen-bond acceptors (Lipinski definition) is 2. The molecule has 1 aliphatic heterocycles. The number of ether oxygens (including phenoxy) is 1. The maximum Gasteiger partial charge on any atom is 0.125 e. The lowest BCUT2D eigenvalue weighted by Gasteiger charge is -2.36. The fourth-order valence-electron chi connectivity index (χ4n) is 3.29. The molecule has 22 heavy (non-hydrogen) atoms. The van der Waals surface area contributed by atoms with E-state index >= 15 is 0 Å². The van der Waals surface area contributed by atoms with Crippen molar-refractivity contribution >= 4 is 5.69 Å². The summed E-state index contributed by atoms with van der Waals surface area (Å²) in [7, 11) is 3.77. The Hall–Kier alpha value is -2.03. The van der Waals surface area contributed by atoms with E-state index < -0.39 is 0 Å². The summed E-state index contributed by atoms with van der Waals surface area (Å²) in [6.07, 6.45) is 4.23. The smallest absolute Gasteiger partial charge is 0.125 e. The molecule has 1 unspecified atom stereocenters. The SMILES string of the molecule is COc1cccc(CCC2CCc3ccc(F)cc3N2C)c1. The summed E-state index contributed by atoms with van der Waals surface area (Å²) in [6, 6.07) is 13.8. The molecule has 2 aromatic carbocycles. The molecule has 2 nitrogen and oxygen atoms in total. The summed E-state index contributed by atoms with van der Waals surface area (Å²) in [5.41, 5.74) is 3.58. The third-order valence-electron chi connectivity index (χ3n) is 4.62. The molecule has 2 aromatic rings. The average molecular weight is 299 g/mol. The van der Waals surface area contributed by atoms with E-state index in [-0.39, 0.29) is 5.82 Å². The van der Waals surface area contributed by atoms with Gasteiger partial charge in [0, 0.05) is 18.8 Å². The van der Waals surface area contributed by atoms with Gasteiger partial charge in [-0.25, -0.2) is 4.39 Å². The number of anilines is 1. The van der Waals surface area contributed by atoms with Gasteiger partial charge in [0.2, 0.25) is 0 Å². The summed E-state index contributed by atoms with van der Waals surface area (Å²) >= 11 is 0. The maximum absolute atomic E-state index is 13.5. The van der Waals surface area contributed by atoms with Gasteiger partial charge in [0.1, 0.15) is 11.6 Å². The van der Waals surface area contributed by atoms with Crippen molar-refractivity contribution in [3.63, 3.8) is 0 Å². The van der Waals surface area contributed by atoms with E-state index in [0.717, 1.165) is 37.1 Å². The van der Waals surface area contributed by atoms with Gasteiger partial charge in [-0.2, -0.15) is 0 Å². The van der Waals surface area contributed by atoms with Crippen molar-refractivity contribution in [2.75, 3.05) is 19.1 Å². The van der Waals surface area contributed by atoms with Crippen LogP contribution in [0.25, 0.3) is 0 Å². The van der Waals surface area contributed by atoms with Crippen LogP contribution < -0.4 is 9.64 Å². The fourth-order valence-corrected chi connectivity index (χ4v) is 3.29. The zero-order valence-corrected chi connectivity index (χ0v) is 13.2. The molecule has 0 radical (unpaired) electrons. The van der Waals surface area contributed by atoms with Crippen LogP contribution >= 0.6 is 0 Å². The van der Waals surface area contributed by atoms with Gasteiger partial charge in [0.15, 0.2) is 0 Å². The first-order chi connectivity index (χ1) is 10.7. The van der Waals surface area contributed by atoms with Crippen LogP contribution in [-0.4, -0.2) is 20.2 Å². The summed E-state index contributed by atoms with van der Waals surface area (Å²) in [6.45, 7) is 0. The van der Waals surface area contributed by atoms with E-state index in [0.29, 0.717) is 6.04 Å². The van der Waals surface area contributed by atoms with Crippen LogP contribution in [0.2, 0.25) is 0 Å². The predicted octanol–water partition coefficient (Wildman–Crippen LogP) is 4.22. The Kier molecular flexibility index (Phi) is 4.32. The molecule has 0 bridgehead atoms. The summed E-state index contributed by atoms with van der Waals surface area (Å²) in [4.78, 5) is 2.24. The second-order valence-electron chi connectivity index (χ2n) is 5.97. The van der Waals surface area contributed by atoms with Crippen molar-refractivity contribution in [2.24, 2.45) is 0 Å². The summed E-state index contributed by atoms with van der Waals surface area (Å²) < 4.78 is 18.8. The second kappa shape index (κ2) is 6.39. The molecule has 1 heterocycles. The minimum Gasteiger partial charge on any atom is -0.497 e. The highest BCUT2D eigenvalue weighted by Crippen LogP contribution is 2.32. The molecule has 3 rings (SSSR count). The van der Waals surface area contributed by atoms with Gasteiger partial charge in [0.05, 0.1) is 7.11 Å². The van der Waals surface area contributed by atoms with E-state index in [1.165, 1.54) is 11.1 Å². The molecule has 0 saturated heterocycles. The number of aryl methyl sites for hydroxylation is 2. The highest BCUT2D eigenvalue weighted by atomic mass is 19.1. The molecular formula is C19H22FNO. The van der Waals surface area contributed by atoms with Crippen LogP contribution in [0.3, 0.4) is 0 Å². The zero-order valence-electron chi connectivity index (χ0n) is 13.2. The van der Waals surface area contributed by atoms with Gasteiger partial charge in [0.25, 0.3) is 0 Å². The third-order valence-corrected chi connectivity index (χ3v) is 4.62. The van der Waals surface area contributed by atoms with Crippen molar-refractivity contribution in [1.82, 2.24) is 0 Å². The lowest BCUT2D eigenvalue weighted by molar-refractivity contribution is 0.414. The molecule has 0 amide bonds.